The molecule has 2 aromatic rings. The first-order valence-electron chi connectivity index (χ1n) is 6.37. The van der Waals surface area contributed by atoms with Crippen molar-refractivity contribution in [3.63, 3.8) is 0 Å². The molecule has 3 nitrogen and oxygen atoms in total. The Hall–Kier alpha value is -2.16. The summed E-state index contributed by atoms with van der Waals surface area (Å²) < 4.78 is 10.9. The maximum absolute atomic E-state index is 9.38. The third-order valence-electron chi connectivity index (χ3n) is 3.56. The summed E-state index contributed by atoms with van der Waals surface area (Å²) in [5.74, 6) is 2.31. The molecule has 1 aliphatic rings. The number of rotatable bonds is 2. The van der Waals surface area contributed by atoms with E-state index >= 15 is 0 Å². The van der Waals surface area contributed by atoms with E-state index in [2.05, 4.69) is 6.07 Å². The molecule has 98 valence electrons. The summed E-state index contributed by atoms with van der Waals surface area (Å²) in [5.41, 5.74) is 2.38. The lowest BCUT2D eigenvalue weighted by Gasteiger charge is -2.26. The fraction of sp³-hybridized carbons (Fsp3) is 0.250. The average molecular weight is 256 g/mol. The number of methoxy groups -OCH3 is 1. The van der Waals surface area contributed by atoms with Crippen LogP contribution in [0.5, 0.6) is 17.2 Å². The van der Waals surface area contributed by atoms with Crippen molar-refractivity contribution in [3.05, 3.63) is 53.6 Å². The lowest BCUT2D eigenvalue weighted by molar-refractivity contribution is 0.275. The predicted molar refractivity (Wildman–Crippen MR) is 73.1 cm³/mol. The van der Waals surface area contributed by atoms with E-state index in [0.29, 0.717) is 18.3 Å². The molecule has 0 amide bonds. The summed E-state index contributed by atoms with van der Waals surface area (Å²) >= 11 is 0. The van der Waals surface area contributed by atoms with Crippen molar-refractivity contribution in [1.29, 1.82) is 0 Å². The zero-order chi connectivity index (χ0) is 13.2. The van der Waals surface area contributed by atoms with Gasteiger partial charge in [0.1, 0.15) is 17.2 Å². The quantitative estimate of drug-likeness (QED) is 0.895. The van der Waals surface area contributed by atoms with Crippen LogP contribution >= 0.6 is 0 Å². The van der Waals surface area contributed by atoms with Crippen molar-refractivity contribution < 1.29 is 14.6 Å². The highest BCUT2D eigenvalue weighted by Crippen LogP contribution is 2.40. The highest BCUT2D eigenvalue weighted by Gasteiger charge is 2.23. The van der Waals surface area contributed by atoms with Gasteiger partial charge in [0.25, 0.3) is 0 Å². The molecule has 19 heavy (non-hydrogen) atoms. The Bertz CT molecular complexity index is 575. The minimum absolute atomic E-state index is 0.297. The molecule has 0 saturated heterocycles. The van der Waals surface area contributed by atoms with Gasteiger partial charge in [-0.1, -0.05) is 18.2 Å². The van der Waals surface area contributed by atoms with E-state index in [1.165, 1.54) is 11.1 Å². The van der Waals surface area contributed by atoms with E-state index < -0.39 is 0 Å². The summed E-state index contributed by atoms with van der Waals surface area (Å²) in [7, 11) is 1.65. The van der Waals surface area contributed by atoms with Crippen LogP contribution in [0.1, 0.15) is 23.5 Å². The van der Waals surface area contributed by atoms with Crippen molar-refractivity contribution in [3.8, 4) is 17.2 Å². The van der Waals surface area contributed by atoms with Crippen LogP contribution < -0.4 is 9.47 Å². The van der Waals surface area contributed by atoms with Crippen molar-refractivity contribution in [2.45, 2.75) is 12.3 Å². The van der Waals surface area contributed by atoms with Crippen molar-refractivity contribution in [2.24, 2.45) is 0 Å². The second kappa shape index (κ2) is 4.84. The Kier molecular flexibility index (Phi) is 3.03. The normalized spacial score (nSPS) is 17.4. The topological polar surface area (TPSA) is 38.7 Å². The van der Waals surface area contributed by atoms with E-state index in [-0.39, 0.29) is 0 Å². The molecule has 0 aromatic heterocycles. The Morgan fingerprint density at radius 1 is 1.16 bits per heavy atom. The zero-order valence-corrected chi connectivity index (χ0v) is 10.8. The van der Waals surface area contributed by atoms with Crippen LogP contribution in [0.3, 0.4) is 0 Å². The van der Waals surface area contributed by atoms with E-state index in [4.69, 9.17) is 9.47 Å². The molecule has 3 rings (SSSR count). The fourth-order valence-corrected chi connectivity index (χ4v) is 2.55. The highest BCUT2D eigenvalue weighted by molar-refractivity contribution is 5.48. The number of phenols is 1. The number of aromatic hydroxyl groups is 1. The molecule has 0 saturated carbocycles. The molecule has 1 heterocycles. The number of ether oxygens (including phenoxy) is 2. The van der Waals surface area contributed by atoms with Gasteiger partial charge in [0.15, 0.2) is 0 Å². The summed E-state index contributed by atoms with van der Waals surface area (Å²) in [6.45, 7) is 0.700. The molecule has 0 radical (unpaired) electrons. The fourth-order valence-electron chi connectivity index (χ4n) is 2.55. The Morgan fingerprint density at radius 2 is 1.95 bits per heavy atom. The van der Waals surface area contributed by atoms with Gasteiger partial charge >= 0.3 is 0 Å². The smallest absolute Gasteiger partial charge is 0.126 e. The van der Waals surface area contributed by atoms with Gasteiger partial charge in [-0.05, 0) is 30.2 Å². The maximum Gasteiger partial charge on any atom is 0.126 e. The zero-order valence-electron chi connectivity index (χ0n) is 10.8. The van der Waals surface area contributed by atoms with E-state index in [1.54, 1.807) is 19.2 Å². The maximum atomic E-state index is 9.38. The molecule has 2 aromatic carbocycles. The van der Waals surface area contributed by atoms with Gasteiger partial charge in [0, 0.05) is 17.5 Å². The van der Waals surface area contributed by atoms with Crippen LogP contribution in [0.25, 0.3) is 0 Å². The van der Waals surface area contributed by atoms with Gasteiger partial charge in [-0.3, -0.25) is 0 Å². The molecule has 3 heteroatoms. The molecular formula is C16H16O3. The minimum atomic E-state index is 0.297. The number of benzene rings is 2. The SMILES string of the molecule is COc1ccc2c(c1)OCCC2c1ccc(O)cc1. The Morgan fingerprint density at radius 3 is 2.68 bits per heavy atom. The first kappa shape index (κ1) is 11.9. The first-order valence-corrected chi connectivity index (χ1v) is 6.37. The number of hydrogen-bond acceptors (Lipinski definition) is 3. The molecule has 0 bridgehead atoms. The van der Waals surface area contributed by atoms with E-state index in [9.17, 15) is 5.11 Å². The van der Waals surface area contributed by atoms with Crippen molar-refractivity contribution in [2.75, 3.05) is 13.7 Å². The lowest BCUT2D eigenvalue weighted by atomic mass is 9.86. The van der Waals surface area contributed by atoms with E-state index in [1.807, 2.05) is 24.3 Å². The largest absolute Gasteiger partial charge is 0.508 e. The predicted octanol–water partition coefficient (Wildman–Crippen LogP) is 3.32. The second-order valence-electron chi connectivity index (χ2n) is 4.69. The third-order valence-corrected chi connectivity index (χ3v) is 3.56. The summed E-state index contributed by atoms with van der Waals surface area (Å²) in [6.07, 6.45) is 0.949. The van der Waals surface area contributed by atoms with Crippen LogP contribution in [0.4, 0.5) is 0 Å². The summed E-state index contributed by atoms with van der Waals surface area (Å²) in [6, 6.07) is 13.4. The van der Waals surface area contributed by atoms with Crippen LogP contribution in [-0.4, -0.2) is 18.8 Å². The first-order chi connectivity index (χ1) is 9.28. The standard InChI is InChI=1S/C16H16O3/c1-18-13-6-7-15-14(8-9-19-16(15)10-13)11-2-4-12(17)5-3-11/h2-7,10,14,17H,8-9H2,1H3. The van der Waals surface area contributed by atoms with Gasteiger partial charge < -0.3 is 14.6 Å². The van der Waals surface area contributed by atoms with Crippen LogP contribution in [0.2, 0.25) is 0 Å². The molecular weight excluding hydrogens is 240 g/mol. The van der Waals surface area contributed by atoms with Crippen molar-refractivity contribution >= 4 is 0 Å². The van der Waals surface area contributed by atoms with Gasteiger partial charge in [-0.15, -0.1) is 0 Å². The summed E-state index contributed by atoms with van der Waals surface area (Å²) in [4.78, 5) is 0. The lowest BCUT2D eigenvalue weighted by Crippen LogP contribution is -2.15. The third kappa shape index (κ3) is 2.24. The minimum Gasteiger partial charge on any atom is -0.508 e. The molecule has 0 aliphatic carbocycles. The molecule has 1 atom stereocenters. The number of fused-ring (bicyclic) bond motifs is 1. The van der Waals surface area contributed by atoms with Crippen LogP contribution in [0.15, 0.2) is 42.5 Å². The second-order valence-corrected chi connectivity index (χ2v) is 4.69. The Labute approximate surface area is 112 Å². The average Bonchev–Trinajstić information content (AvgIpc) is 2.47. The molecule has 0 spiro atoms. The monoisotopic (exact) mass is 256 g/mol. The number of hydrogen-bond donors (Lipinski definition) is 1. The number of phenolic OH excluding ortho intramolecular Hbond substituents is 1. The molecule has 1 unspecified atom stereocenters. The molecule has 0 fully saturated rings. The van der Waals surface area contributed by atoms with Gasteiger partial charge in [-0.25, -0.2) is 0 Å². The summed E-state index contributed by atoms with van der Waals surface area (Å²) in [5, 5.41) is 9.38. The van der Waals surface area contributed by atoms with Crippen LogP contribution in [0, 0.1) is 0 Å². The van der Waals surface area contributed by atoms with E-state index in [0.717, 1.165) is 17.9 Å². The Balaban J connectivity index is 2.00. The van der Waals surface area contributed by atoms with Crippen molar-refractivity contribution in [1.82, 2.24) is 0 Å². The van der Waals surface area contributed by atoms with Gasteiger partial charge in [0.2, 0.25) is 0 Å². The highest BCUT2D eigenvalue weighted by atomic mass is 16.5. The van der Waals surface area contributed by atoms with Gasteiger partial charge in [0.05, 0.1) is 13.7 Å². The molecule has 1 aliphatic heterocycles. The molecule has 1 N–H and O–H groups in total. The van der Waals surface area contributed by atoms with Crippen LogP contribution in [-0.2, 0) is 0 Å². The van der Waals surface area contributed by atoms with Gasteiger partial charge in [-0.2, -0.15) is 0 Å².